The fourth-order valence-corrected chi connectivity index (χ4v) is 3.43. The van der Waals surface area contributed by atoms with Gasteiger partial charge in [0.15, 0.2) is 0 Å². The average Bonchev–Trinajstić information content (AvgIpc) is 3.24. The van der Waals surface area contributed by atoms with Crippen LogP contribution in [0.3, 0.4) is 0 Å². The Hall–Kier alpha value is -2.63. The molecule has 0 aliphatic carbocycles. The van der Waals surface area contributed by atoms with Gasteiger partial charge in [-0.05, 0) is 42.0 Å². The van der Waals surface area contributed by atoms with Crippen LogP contribution in [0.5, 0.6) is 0 Å². The molecule has 1 unspecified atom stereocenters. The number of rotatable bonds is 7. The molecule has 6 nitrogen and oxygen atoms in total. The summed E-state index contributed by atoms with van der Waals surface area (Å²) >= 11 is 0. The third-order valence-corrected chi connectivity index (χ3v) is 5.04. The fraction of sp³-hybridized carbons (Fsp3) is 0.476. The topological polar surface area (TPSA) is 67.2 Å². The molecule has 2 amide bonds. The van der Waals surface area contributed by atoms with Crippen molar-refractivity contribution in [3.63, 3.8) is 0 Å². The van der Waals surface area contributed by atoms with Crippen molar-refractivity contribution >= 4 is 17.5 Å². The Morgan fingerprint density at radius 2 is 2.19 bits per heavy atom. The Labute approximate surface area is 160 Å². The predicted octanol–water partition coefficient (Wildman–Crippen LogP) is 2.65. The number of hydrogen-bond donors (Lipinski definition) is 1. The Balaban J connectivity index is 1.50. The van der Waals surface area contributed by atoms with Gasteiger partial charge in [-0.3, -0.25) is 14.3 Å². The first kappa shape index (κ1) is 19.1. The molecular weight excluding hydrogens is 340 g/mol. The summed E-state index contributed by atoms with van der Waals surface area (Å²) in [5.41, 5.74) is 3.25. The second-order valence-corrected chi connectivity index (χ2v) is 7.57. The maximum absolute atomic E-state index is 12.5. The van der Waals surface area contributed by atoms with E-state index in [1.807, 2.05) is 31.6 Å². The number of carbonyl (C=O) groups is 2. The van der Waals surface area contributed by atoms with E-state index in [0.717, 1.165) is 18.5 Å². The lowest BCUT2D eigenvalue weighted by Crippen LogP contribution is -2.33. The summed E-state index contributed by atoms with van der Waals surface area (Å²) in [6, 6.07) is 8.04. The monoisotopic (exact) mass is 368 g/mol. The van der Waals surface area contributed by atoms with Crippen LogP contribution >= 0.6 is 0 Å². The van der Waals surface area contributed by atoms with Gasteiger partial charge in [-0.25, -0.2) is 0 Å². The lowest BCUT2D eigenvalue weighted by atomic mass is 10.0. The van der Waals surface area contributed by atoms with E-state index >= 15 is 0 Å². The third kappa shape index (κ3) is 4.76. The van der Waals surface area contributed by atoms with Crippen LogP contribution in [0.2, 0.25) is 0 Å². The quantitative estimate of drug-likeness (QED) is 0.764. The molecule has 2 aromatic rings. The first-order valence-electron chi connectivity index (χ1n) is 9.59. The maximum Gasteiger partial charge on any atom is 0.227 e. The summed E-state index contributed by atoms with van der Waals surface area (Å²) in [7, 11) is 1.89. The van der Waals surface area contributed by atoms with Gasteiger partial charge in [0, 0.05) is 38.4 Å². The van der Waals surface area contributed by atoms with E-state index in [-0.39, 0.29) is 24.2 Å². The average molecular weight is 368 g/mol. The lowest BCUT2D eigenvalue weighted by Gasteiger charge is -2.18. The van der Waals surface area contributed by atoms with E-state index in [0.29, 0.717) is 19.0 Å². The second-order valence-electron chi connectivity index (χ2n) is 7.57. The summed E-state index contributed by atoms with van der Waals surface area (Å²) in [6.45, 7) is 5.33. The molecule has 27 heavy (non-hydrogen) atoms. The molecule has 1 atom stereocenters. The smallest absolute Gasteiger partial charge is 0.227 e. The highest BCUT2D eigenvalue weighted by molar-refractivity contribution is 6.00. The van der Waals surface area contributed by atoms with Crippen molar-refractivity contribution in [3.05, 3.63) is 47.8 Å². The molecular formula is C21H28N4O2. The van der Waals surface area contributed by atoms with Gasteiger partial charge >= 0.3 is 0 Å². The van der Waals surface area contributed by atoms with Crippen LogP contribution in [0.15, 0.2) is 36.7 Å². The van der Waals surface area contributed by atoms with E-state index in [1.54, 1.807) is 9.58 Å². The van der Waals surface area contributed by atoms with E-state index in [2.05, 4.69) is 36.4 Å². The van der Waals surface area contributed by atoms with Gasteiger partial charge in [-0.15, -0.1) is 0 Å². The number of carbonyl (C=O) groups excluding carboxylic acids is 2. The predicted molar refractivity (Wildman–Crippen MR) is 106 cm³/mol. The Bertz CT molecular complexity index is 812. The number of benzene rings is 1. The van der Waals surface area contributed by atoms with Crippen LogP contribution < -0.4 is 10.2 Å². The van der Waals surface area contributed by atoms with Gasteiger partial charge in [0.2, 0.25) is 11.8 Å². The van der Waals surface area contributed by atoms with Crippen molar-refractivity contribution in [1.29, 1.82) is 0 Å². The number of hydrogen-bond acceptors (Lipinski definition) is 3. The van der Waals surface area contributed by atoms with Crippen molar-refractivity contribution in [2.45, 2.75) is 39.0 Å². The van der Waals surface area contributed by atoms with Crippen molar-refractivity contribution in [3.8, 4) is 0 Å². The van der Waals surface area contributed by atoms with Gasteiger partial charge < -0.3 is 10.2 Å². The van der Waals surface area contributed by atoms with Crippen LogP contribution in [0.1, 0.15) is 43.7 Å². The van der Waals surface area contributed by atoms with Crippen LogP contribution in [0.4, 0.5) is 5.69 Å². The second kappa shape index (κ2) is 8.37. The SMILES string of the molecule is CC(C)c1cccc(N2CC(C(=O)NCCCc3cnn(C)c3)CC2=O)c1. The Kier molecular flexibility index (Phi) is 5.94. The molecule has 0 radical (unpaired) electrons. The summed E-state index contributed by atoms with van der Waals surface area (Å²) in [5.74, 6) is 0.114. The number of aromatic nitrogens is 2. The van der Waals surface area contributed by atoms with Gasteiger partial charge in [-0.2, -0.15) is 5.10 Å². The molecule has 1 aromatic carbocycles. The molecule has 1 saturated heterocycles. The minimum atomic E-state index is -0.279. The molecule has 144 valence electrons. The highest BCUT2D eigenvalue weighted by atomic mass is 16.2. The molecule has 1 N–H and O–H groups in total. The van der Waals surface area contributed by atoms with Crippen LogP contribution in [0, 0.1) is 5.92 Å². The van der Waals surface area contributed by atoms with Crippen LogP contribution in [0.25, 0.3) is 0 Å². The fourth-order valence-electron chi connectivity index (χ4n) is 3.43. The zero-order chi connectivity index (χ0) is 19.4. The number of nitrogens with zero attached hydrogens (tertiary/aromatic N) is 3. The normalized spacial score (nSPS) is 17.0. The first-order chi connectivity index (χ1) is 12.9. The molecule has 0 bridgehead atoms. The van der Waals surface area contributed by atoms with Crippen LogP contribution in [-0.2, 0) is 23.1 Å². The molecule has 1 aliphatic rings. The third-order valence-electron chi connectivity index (χ3n) is 5.04. The zero-order valence-corrected chi connectivity index (χ0v) is 16.3. The van der Waals surface area contributed by atoms with Crippen LogP contribution in [-0.4, -0.2) is 34.7 Å². The standard InChI is InChI=1S/C21H28N4O2/c1-15(2)17-7-4-8-19(10-17)25-14-18(11-20(25)26)21(27)22-9-5-6-16-12-23-24(3)13-16/h4,7-8,10,12-13,15,18H,5-6,9,11,14H2,1-3H3,(H,22,27). The molecule has 1 aliphatic heterocycles. The van der Waals surface area contributed by atoms with Crippen molar-refractivity contribution in [2.75, 3.05) is 18.0 Å². The molecule has 1 aromatic heterocycles. The highest BCUT2D eigenvalue weighted by Crippen LogP contribution is 2.27. The number of nitrogens with one attached hydrogen (secondary N) is 1. The minimum Gasteiger partial charge on any atom is -0.356 e. The van der Waals surface area contributed by atoms with Crippen molar-refractivity contribution in [1.82, 2.24) is 15.1 Å². The Morgan fingerprint density at radius 3 is 2.89 bits per heavy atom. The first-order valence-corrected chi connectivity index (χ1v) is 9.59. The van der Waals surface area contributed by atoms with Crippen molar-refractivity contribution in [2.24, 2.45) is 13.0 Å². The number of aryl methyl sites for hydroxylation is 2. The van der Waals surface area contributed by atoms with E-state index < -0.39 is 0 Å². The van der Waals surface area contributed by atoms with E-state index in [9.17, 15) is 9.59 Å². The number of amides is 2. The van der Waals surface area contributed by atoms with Gasteiger partial charge in [0.25, 0.3) is 0 Å². The molecule has 1 fully saturated rings. The summed E-state index contributed by atoms with van der Waals surface area (Å²) in [5, 5.41) is 7.12. The zero-order valence-electron chi connectivity index (χ0n) is 16.3. The van der Waals surface area contributed by atoms with Crippen molar-refractivity contribution < 1.29 is 9.59 Å². The number of anilines is 1. The van der Waals surface area contributed by atoms with E-state index in [1.165, 1.54) is 11.1 Å². The summed E-state index contributed by atoms with van der Waals surface area (Å²) in [4.78, 5) is 26.6. The molecule has 3 rings (SSSR count). The molecule has 0 saturated carbocycles. The molecule has 6 heteroatoms. The summed E-state index contributed by atoms with van der Waals surface area (Å²) in [6.07, 6.45) is 5.85. The lowest BCUT2D eigenvalue weighted by molar-refractivity contribution is -0.126. The summed E-state index contributed by atoms with van der Waals surface area (Å²) < 4.78 is 1.78. The molecule has 0 spiro atoms. The largest absolute Gasteiger partial charge is 0.356 e. The van der Waals surface area contributed by atoms with Gasteiger partial charge in [0.05, 0.1) is 12.1 Å². The highest BCUT2D eigenvalue weighted by Gasteiger charge is 2.35. The maximum atomic E-state index is 12.5. The van der Waals surface area contributed by atoms with Gasteiger partial charge in [-0.1, -0.05) is 26.0 Å². The van der Waals surface area contributed by atoms with E-state index in [4.69, 9.17) is 0 Å². The van der Waals surface area contributed by atoms with Gasteiger partial charge in [0.1, 0.15) is 0 Å². The molecule has 2 heterocycles. The minimum absolute atomic E-state index is 0.0198. The Morgan fingerprint density at radius 1 is 1.37 bits per heavy atom.